The maximum absolute atomic E-state index is 13.5. The first-order chi connectivity index (χ1) is 16.8. The Hall–Kier alpha value is -1.98. The zero-order valence-electron chi connectivity index (χ0n) is 21.3. The molecule has 188 valence electrons. The second-order valence-electron chi connectivity index (χ2n) is 10.4. The smallest absolute Gasteiger partial charge is 0.258 e. The van der Waals surface area contributed by atoms with E-state index in [1.54, 1.807) is 40.9 Å². The minimum absolute atomic E-state index is 0.0192. The molecule has 0 radical (unpaired) electrons. The van der Waals surface area contributed by atoms with Crippen molar-refractivity contribution in [1.82, 2.24) is 5.32 Å². The lowest BCUT2D eigenvalue weighted by Gasteiger charge is -2.50. The van der Waals surface area contributed by atoms with Crippen LogP contribution >= 0.6 is 23.4 Å². The molecular weight excluding hydrogens is 476 g/mol. The lowest BCUT2D eigenvalue weighted by atomic mass is 9.61. The summed E-state index contributed by atoms with van der Waals surface area (Å²) in [5.41, 5.74) is 1.96. The number of carbonyl (C=O) groups excluding carboxylic acids is 2. The van der Waals surface area contributed by atoms with Gasteiger partial charge in [-0.1, -0.05) is 39.3 Å². The molecule has 0 saturated heterocycles. The lowest BCUT2D eigenvalue weighted by Crippen LogP contribution is -2.56. The van der Waals surface area contributed by atoms with Crippen LogP contribution in [0, 0.1) is 17.8 Å². The molecular formula is C29H37ClN2O2S. The largest absolute Gasteiger partial charge is 0.347 e. The van der Waals surface area contributed by atoms with Crippen LogP contribution in [0.2, 0.25) is 5.02 Å². The maximum atomic E-state index is 13.5. The van der Waals surface area contributed by atoms with Gasteiger partial charge in [-0.2, -0.15) is 0 Å². The monoisotopic (exact) mass is 512 g/mol. The van der Waals surface area contributed by atoms with E-state index < -0.39 is 0 Å². The Morgan fingerprint density at radius 3 is 2.26 bits per heavy atom. The summed E-state index contributed by atoms with van der Waals surface area (Å²) in [6, 6.07) is 12.8. The number of nitrogens with zero attached hydrogens (tertiary/aromatic N) is 1. The SMILES string of the molecule is CC.CC1CC2CC(C)CC(NC(=O)c3ccc4c(c3)N(C(=O)c3ccc(Cl)cc3)CCS4)(C1)C2. The van der Waals surface area contributed by atoms with Crippen LogP contribution in [0.4, 0.5) is 5.69 Å². The highest BCUT2D eigenvalue weighted by atomic mass is 35.5. The van der Waals surface area contributed by atoms with E-state index in [0.29, 0.717) is 40.4 Å². The van der Waals surface area contributed by atoms with Crippen molar-refractivity contribution in [1.29, 1.82) is 0 Å². The standard InChI is InChI=1S/C27H31ClN2O2S.C2H6/c1-17-11-19-12-18(2)15-27(14-17,16-19)29-25(31)21-5-8-24-23(13-21)30(9-10-33-24)26(32)20-3-6-22(28)7-4-20;1-2/h3-8,13,17-19H,9-12,14-16H2,1-2H3,(H,29,31);1-2H3. The molecule has 2 amide bonds. The maximum Gasteiger partial charge on any atom is 0.258 e. The van der Waals surface area contributed by atoms with Crippen LogP contribution in [0.1, 0.15) is 80.5 Å². The zero-order valence-corrected chi connectivity index (χ0v) is 22.8. The van der Waals surface area contributed by atoms with Gasteiger partial charge in [-0.15, -0.1) is 11.8 Å². The number of carbonyl (C=O) groups is 2. The fraction of sp³-hybridized carbons (Fsp3) is 0.517. The molecule has 5 rings (SSSR count). The Morgan fingerprint density at radius 2 is 1.60 bits per heavy atom. The van der Waals surface area contributed by atoms with Gasteiger partial charge in [0.1, 0.15) is 0 Å². The predicted octanol–water partition coefficient (Wildman–Crippen LogP) is 7.45. The first-order valence-corrected chi connectivity index (χ1v) is 14.3. The molecule has 1 N–H and O–H groups in total. The number of rotatable bonds is 3. The fourth-order valence-electron chi connectivity index (χ4n) is 6.49. The molecule has 2 bridgehead atoms. The molecule has 3 aliphatic rings. The van der Waals surface area contributed by atoms with E-state index in [0.717, 1.165) is 35.6 Å². The fourth-order valence-corrected chi connectivity index (χ4v) is 7.59. The molecule has 6 heteroatoms. The van der Waals surface area contributed by atoms with Crippen molar-refractivity contribution in [3.63, 3.8) is 0 Å². The normalized spacial score (nSPS) is 27.2. The highest BCUT2D eigenvalue weighted by Crippen LogP contribution is 2.47. The van der Waals surface area contributed by atoms with Gasteiger partial charge in [0, 0.05) is 38.9 Å². The first-order valence-electron chi connectivity index (χ1n) is 13.0. The molecule has 0 aromatic heterocycles. The summed E-state index contributed by atoms with van der Waals surface area (Å²) in [6.07, 6.45) is 5.76. The van der Waals surface area contributed by atoms with Gasteiger partial charge >= 0.3 is 0 Å². The summed E-state index contributed by atoms with van der Waals surface area (Å²) in [5, 5.41) is 4.07. The molecule has 4 nitrogen and oxygen atoms in total. The number of thioether (sulfide) groups is 1. The summed E-state index contributed by atoms with van der Waals surface area (Å²) in [5.74, 6) is 2.75. The average molecular weight is 513 g/mol. The van der Waals surface area contributed by atoms with Crippen LogP contribution < -0.4 is 10.2 Å². The Kier molecular flexibility index (Phi) is 8.17. The van der Waals surface area contributed by atoms with Gasteiger partial charge in [0.25, 0.3) is 11.8 Å². The minimum Gasteiger partial charge on any atom is -0.347 e. The summed E-state index contributed by atoms with van der Waals surface area (Å²) in [7, 11) is 0. The topological polar surface area (TPSA) is 49.4 Å². The summed E-state index contributed by atoms with van der Waals surface area (Å²) in [4.78, 5) is 29.5. The van der Waals surface area contributed by atoms with Crippen molar-refractivity contribution in [2.75, 3.05) is 17.2 Å². The van der Waals surface area contributed by atoms with Crippen LogP contribution in [0.25, 0.3) is 0 Å². The number of nitrogens with one attached hydrogen (secondary N) is 1. The third kappa shape index (κ3) is 5.72. The van der Waals surface area contributed by atoms with Crippen molar-refractivity contribution in [3.05, 3.63) is 58.6 Å². The second kappa shape index (κ2) is 11.0. The molecule has 2 unspecified atom stereocenters. The van der Waals surface area contributed by atoms with Gasteiger partial charge in [-0.3, -0.25) is 9.59 Å². The van der Waals surface area contributed by atoms with E-state index in [9.17, 15) is 9.59 Å². The van der Waals surface area contributed by atoms with E-state index >= 15 is 0 Å². The average Bonchev–Trinajstić information content (AvgIpc) is 2.83. The van der Waals surface area contributed by atoms with Crippen LogP contribution in [-0.2, 0) is 0 Å². The van der Waals surface area contributed by atoms with Crippen molar-refractivity contribution in [2.45, 2.75) is 70.2 Å². The van der Waals surface area contributed by atoms with Gasteiger partial charge in [0.2, 0.25) is 0 Å². The molecule has 2 atom stereocenters. The summed E-state index contributed by atoms with van der Waals surface area (Å²) in [6.45, 7) is 9.25. The highest BCUT2D eigenvalue weighted by Gasteiger charge is 2.45. The third-order valence-electron chi connectivity index (χ3n) is 7.43. The lowest BCUT2D eigenvalue weighted by molar-refractivity contribution is 0.0476. The summed E-state index contributed by atoms with van der Waals surface area (Å²) >= 11 is 7.73. The third-order valence-corrected chi connectivity index (χ3v) is 8.72. The number of hydrogen-bond acceptors (Lipinski definition) is 3. The Morgan fingerprint density at radius 1 is 0.971 bits per heavy atom. The number of amides is 2. The van der Waals surface area contributed by atoms with Crippen LogP contribution in [0.15, 0.2) is 47.4 Å². The molecule has 2 aromatic rings. The van der Waals surface area contributed by atoms with Gasteiger partial charge in [0.15, 0.2) is 0 Å². The minimum atomic E-state index is -0.0967. The molecule has 1 heterocycles. The van der Waals surface area contributed by atoms with Gasteiger partial charge < -0.3 is 10.2 Å². The Balaban J connectivity index is 0.00000141. The number of fused-ring (bicyclic) bond motifs is 3. The van der Waals surface area contributed by atoms with E-state index in [1.165, 1.54) is 12.8 Å². The molecule has 35 heavy (non-hydrogen) atoms. The second-order valence-corrected chi connectivity index (χ2v) is 12.0. The van der Waals surface area contributed by atoms with Crippen molar-refractivity contribution >= 4 is 40.9 Å². The van der Waals surface area contributed by atoms with Crippen molar-refractivity contribution in [2.24, 2.45) is 17.8 Å². The number of benzene rings is 2. The molecule has 2 fully saturated rings. The van der Waals surface area contributed by atoms with Crippen LogP contribution in [0.3, 0.4) is 0 Å². The number of halogens is 1. The molecule has 2 saturated carbocycles. The van der Waals surface area contributed by atoms with Gasteiger partial charge in [0.05, 0.1) is 5.69 Å². The van der Waals surface area contributed by atoms with Crippen LogP contribution in [0.5, 0.6) is 0 Å². The molecule has 2 aromatic carbocycles. The summed E-state index contributed by atoms with van der Waals surface area (Å²) < 4.78 is 0. The van der Waals surface area contributed by atoms with E-state index in [2.05, 4.69) is 19.2 Å². The molecule has 0 spiro atoms. The van der Waals surface area contributed by atoms with Crippen molar-refractivity contribution in [3.8, 4) is 0 Å². The highest BCUT2D eigenvalue weighted by molar-refractivity contribution is 7.99. The van der Waals surface area contributed by atoms with Crippen LogP contribution in [-0.4, -0.2) is 29.7 Å². The molecule has 1 aliphatic heterocycles. The van der Waals surface area contributed by atoms with Crippen molar-refractivity contribution < 1.29 is 9.59 Å². The van der Waals surface area contributed by atoms with E-state index in [4.69, 9.17) is 11.6 Å². The van der Waals surface area contributed by atoms with E-state index in [1.807, 2.05) is 32.0 Å². The predicted molar refractivity (Wildman–Crippen MR) is 147 cm³/mol. The number of anilines is 1. The zero-order chi connectivity index (χ0) is 25.2. The quantitative estimate of drug-likeness (QED) is 0.464. The molecule has 2 aliphatic carbocycles. The first kappa shape index (κ1) is 26.1. The number of hydrogen-bond donors (Lipinski definition) is 1. The Bertz CT molecular complexity index is 1050. The van der Waals surface area contributed by atoms with Gasteiger partial charge in [-0.25, -0.2) is 0 Å². The van der Waals surface area contributed by atoms with Gasteiger partial charge in [-0.05, 0) is 92.3 Å². The van der Waals surface area contributed by atoms with E-state index in [-0.39, 0.29) is 17.4 Å². The Labute approximate surface area is 219 Å².